The van der Waals surface area contributed by atoms with Gasteiger partial charge in [-0.15, -0.1) is 11.3 Å². The SMILES string of the molecule is CCN(CC)C(=O)c1ccsc1C(O)c1c(F)cc(F)cc1OC(C)C. The Balaban J connectivity index is 2.50. The number of carbonyl (C=O) groups excluding carboxylic acids is 1. The molecule has 0 radical (unpaired) electrons. The summed E-state index contributed by atoms with van der Waals surface area (Å²) in [6.07, 6.45) is -1.76. The van der Waals surface area contributed by atoms with Crippen molar-refractivity contribution in [3.05, 3.63) is 51.2 Å². The van der Waals surface area contributed by atoms with Gasteiger partial charge in [-0.1, -0.05) is 0 Å². The zero-order valence-corrected chi connectivity index (χ0v) is 16.1. The van der Waals surface area contributed by atoms with Crippen molar-refractivity contribution in [2.75, 3.05) is 13.1 Å². The third-order valence-corrected chi connectivity index (χ3v) is 4.89. The largest absolute Gasteiger partial charge is 0.490 e. The summed E-state index contributed by atoms with van der Waals surface area (Å²) in [7, 11) is 0. The van der Waals surface area contributed by atoms with Crippen molar-refractivity contribution >= 4 is 17.2 Å². The highest BCUT2D eigenvalue weighted by atomic mass is 32.1. The van der Waals surface area contributed by atoms with Gasteiger partial charge in [-0.05, 0) is 39.1 Å². The quantitative estimate of drug-likeness (QED) is 0.772. The van der Waals surface area contributed by atoms with Gasteiger partial charge in [-0.3, -0.25) is 4.79 Å². The first-order valence-electron chi connectivity index (χ1n) is 8.50. The molecule has 0 aliphatic rings. The van der Waals surface area contributed by atoms with Gasteiger partial charge in [0, 0.05) is 25.2 Å². The van der Waals surface area contributed by atoms with Gasteiger partial charge < -0.3 is 14.7 Å². The maximum Gasteiger partial charge on any atom is 0.255 e. The molecule has 0 bridgehead atoms. The third kappa shape index (κ3) is 4.22. The number of aliphatic hydroxyl groups is 1. The molecule has 0 saturated heterocycles. The summed E-state index contributed by atoms with van der Waals surface area (Å²) in [5, 5.41) is 12.5. The molecular formula is C19H23F2NO3S. The standard InChI is InChI=1S/C19H23F2NO3S/c1-5-22(6-2)19(24)13-7-8-26-18(13)17(23)16-14(21)9-12(20)10-15(16)25-11(3)4/h7-11,17,23H,5-6H2,1-4H3. The van der Waals surface area contributed by atoms with Crippen molar-refractivity contribution < 1.29 is 23.4 Å². The van der Waals surface area contributed by atoms with Crippen LogP contribution < -0.4 is 4.74 Å². The minimum absolute atomic E-state index is 0.0698. The van der Waals surface area contributed by atoms with Gasteiger partial charge >= 0.3 is 0 Å². The zero-order valence-electron chi connectivity index (χ0n) is 15.3. The maximum absolute atomic E-state index is 14.5. The number of rotatable bonds is 7. The Morgan fingerprint density at radius 1 is 1.27 bits per heavy atom. The Hall–Kier alpha value is -1.99. The van der Waals surface area contributed by atoms with Crippen LogP contribution in [0.2, 0.25) is 0 Å². The topological polar surface area (TPSA) is 49.8 Å². The molecule has 2 rings (SSSR count). The number of aliphatic hydroxyl groups excluding tert-OH is 1. The van der Waals surface area contributed by atoms with E-state index < -0.39 is 17.7 Å². The lowest BCUT2D eigenvalue weighted by atomic mass is 10.0. The van der Waals surface area contributed by atoms with E-state index in [2.05, 4.69) is 0 Å². The predicted molar refractivity (Wildman–Crippen MR) is 97.8 cm³/mol. The van der Waals surface area contributed by atoms with Crippen molar-refractivity contribution in [1.82, 2.24) is 4.90 Å². The fourth-order valence-corrected chi connectivity index (χ4v) is 3.58. The molecule has 4 nitrogen and oxygen atoms in total. The van der Waals surface area contributed by atoms with Gasteiger partial charge in [0.1, 0.15) is 23.5 Å². The molecule has 1 aromatic carbocycles. The fraction of sp³-hybridized carbons (Fsp3) is 0.421. The summed E-state index contributed by atoms with van der Waals surface area (Å²) < 4.78 is 33.6. The molecule has 0 aliphatic heterocycles. The summed E-state index contributed by atoms with van der Waals surface area (Å²) in [4.78, 5) is 14.6. The van der Waals surface area contributed by atoms with E-state index in [0.717, 1.165) is 17.4 Å². The molecule has 1 unspecified atom stereocenters. The summed E-state index contributed by atoms with van der Waals surface area (Å²) in [6, 6.07) is 3.35. The van der Waals surface area contributed by atoms with E-state index in [4.69, 9.17) is 4.74 Å². The molecule has 0 fully saturated rings. The first kappa shape index (κ1) is 20.3. The molecule has 26 heavy (non-hydrogen) atoms. The molecule has 1 heterocycles. The Bertz CT molecular complexity index is 772. The van der Waals surface area contributed by atoms with Crippen molar-refractivity contribution in [2.45, 2.75) is 39.9 Å². The van der Waals surface area contributed by atoms with Crippen LogP contribution in [-0.2, 0) is 0 Å². The van der Waals surface area contributed by atoms with Gasteiger partial charge in [0.15, 0.2) is 0 Å². The average Bonchev–Trinajstić information content (AvgIpc) is 3.03. The van der Waals surface area contributed by atoms with Gasteiger partial charge in [0.25, 0.3) is 5.91 Å². The van der Waals surface area contributed by atoms with Crippen LogP contribution in [0.25, 0.3) is 0 Å². The number of hydrogen-bond donors (Lipinski definition) is 1. The number of carbonyl (C=O) groups is 1. The molecule has 2 aromatic rings. The molecule has 0 spiro atoms. The Kier molecular flexibility index (Phi) is 6.72. The van der Waals surface area contributed by atoms with Crippen LogP contribution in [0.1, 0.15) is 54.6 Å². The second-order valence-corrected chi connectivity index (χ2v) is 6.99. The first-order chi connectivity index (χ1) is 12.3. The van der Waals surface area contributed by atoms with Crippen LogP contribution in [0, 0.1) is 11.6 Å². The van der Waals surface area contributed by atoms with Crippen molar-refractivity contribution in [3.8, 4) is 5.75 Å². The second kappa shape index (κ2) is 8.60. The lowest BCUT2D eigenvalue weighted by Crippen LogP contribution is -2.31. The van der Waals surface area contributed by atoms with E-state index in [1.54, 1.807) is 30.2 Å². The van der Waals surface area contributed by atoms with Gasteiger partial charge in [0.05, 0.1) is 22.1 Å². The highest BCUT2D eigenvalue weighted by molar-refractivity contribution is 7.10. The fourth-order valence-electron chi connectivity index (χ4n) is 2.70. The molecule has 0 aliphatic carbocycles. The molecule has 0 saturated carbocycles. The van der Waals surface area contributed by atoms with Gasteiger partial charge in [-0.2, -0.15) is 0 Å². The van der Waals surface area contributed by atoms with Gasteiger partial charge in [0.2, 0.25) is 0 Å². The molecule has 1 atom stereocenters. The highest BCUT2D eigenvalue weighted by Gasteiger charge is 2.28. The summed E-state index contributed by atoms with van der Waals surface area (Å²) >= 11 is 1.15. The van der Waals surface area contributed by atoms with E-state index >= 15 is 0 Å². The van der Waals surface area contributed by atoms with Crippen LogP contribution in [0.5, 0.6) is 5.75 Å². The number of thiophene rings is 1. The van der Waals surface area contributed by atoms with E-state index in [9.17, 15) is 18.7 Å². The Morgan fingerprint density at radius 2 is 1.92 bits per heavy atom. The van der Waals surface area contributed by atoms with Crippen molar-refractivity contribution in [1.29, 1.82) is 0 Å². The number of amides is 1. The summed E-state index contributed by atoms with van der Waals surface area (Å²) in [6.45, 7) is 8.20. The van der Waals surface area contributed by atoms with Crippen LogP contribution in [0.15, 0.2) is 23.6 Å². The Labute approximate surface area is 156 Å². The van der Waals surface area contributed by atoms with Crippen LogP contribution >= 0.6 is 11.3 Å². The van der Waals surface area contributed by atoms with Crippen LogP contribution in [0.4, 0.5) is 8.78 Å². The highest BCUT2D eigenvalue weighted by Crippen LogP contribution is 2.37. The molecule has 1 N–H and O–H groups in total. The number of hydrogen-bond acceptors (Lipinski definition) is 4. The lowest BCUT2D eigenvalue weighted by Gasteiger charge is -2.22. The first-order valence-corrected chi connectivity index (χ1v) is 9.38. The van der Waals surface area contributed by atoms with E-state index in [-0.39, 0.29) is 23.3 Å². The van der Waals surface area contributed by atoms with Crippen molar-refractivity contribution in [3.63, 3.8) is 0 Å². The van der Waals surface area contributed by atoms with Crippen molar-refractivity contribution in [2.24, 2.45) is 0 Å². The number of ether oxygens (including phenoxy) is 1. The molecule has 1 aromatic heterocycles. The van der Waals surface area contributed by atoms with E-state index in [0.29, 0.717) is 29.6 Å². The number of halogens is 2. The summed E-state index contributed by atoms with van der Waals surface area (Å²) in [5.74, 6) is -2.01. The number of nitrogens with zero attached hydrogens (tertiary/aromatic N) is 1. The second-order valence-electron chi connectivity index (χ2n) is 6.04. The average molecular weight is 383 g/mol. The molecule has 7 heteroatoms. The minimum atomic E-state index is -1.43. The summed E-state index contributed by atoms with van der Waals surface area (Å²) in [5.41, 5.74) is 0.140. The molecule has 1 amide bonds. The van der Waals surface area contributed by atoms with E-state index in [1.165, 1.54) is 0 Å². The monoisotopic (exact) mass is 383 g/mol. The molecular weight excluding hydrogens is 360 g/mol. The molecule has 142 valence electrons. The van der Waals surface area contributed by atoms with Crippen LogP contribution in [-0.4, -0.2) is 35.1 Å². The Morgan fingerprint density at radius 3 is 2.50 bits per heavy atom. The minimum Gasteiger partial charge on any atom is -0.490 e. The third-order valence-electron chi connectivity index (χ3n) is 3.92. The lowest BCUT2D eigenvalue weighted by molar-refractivity contribution is 0.0768. The maximum atomic E-state index is 14.5. The number of benzene rings is 1. The smallest absolute Gasteiger partial charge is 0.255 e. The van der Waals surface area contributed by atoms with Crippen LogP contribution in [0.3, 0.4) is 0 Å². The van der Waals surface area contributed by atoms with Gasteiger partial charge in [-0.25, -0.2) is 8.78 Å². The normalized spacial score (nSPS) is 12.3. The predicted octanol–water partition coefficient (Wildman–Crippen LogP) is 4.38. The zero-order chi connectivity index (χ0) is 19.4. The van der Waals surface area contributed by atoms with E-state index in [1.807, 2.05) is 13.8 Å².